The SMILES string of the molecule is CC(=O)N[C@H](C)c1ccc(-n2c(CCO)nc3c(C)cccc32)cc1. The monoisotopic (exact) mass is 337 g/mol. The van der Waals surface area contributed by atoms with E-state index in [1.165, 1.54) is 6.92 Å². The lowest BCUT2D eigenvalue weighted by molar-refractivity contribution is -0.119. The Morgan fingerprint density at radius 1 is 1.24 bits per heavy atom. The fourth-order valence-electron chi connectivity index (χ4n) is 3.14. The molecule has 3 rings (SSSR count). The van der Waals surface area contributed by atoms with E-state index in [9.17, 15) is 9.90 Å². The van der Waals surface area contributed by atoms with Crippen molar-refractivity contribution in [3.8, 4) is 5.69 Å². The van der Waals surface area contributed by atoms with Crippen LogP contribution in [0.2, 0.25) is 0 Å². The number of carbonyl (C=O) groups excluding carboxylic acids is 1. The van der Waals surface area contributed by atoms with Crippen LogP contribution in [0.3, 0.4) is 0 Å². The number of aliphatic hydroxyl groups excluding tert-OH is 1. The van der Waals surface area contributed by atoms with E-state index >= 15 is 0 Å². The van der Waals surface area contributed by atoms with Gasteiger partial charge in [0.2, 0.25) is 5.91 Å². The first-order valence-electron chi connectivity index (χ1n) is 8.46. The number of aryl methyl sites for hydroxylation is 1. The minimum absolute atomic E-state index is 0.0368. The average molecular weight is 337 g/mol. The number of rotatable bonds is 5. The van der Waals surface area contributed by atoms with E-state index in [0.717, 1.165) is 33.7 Å². The topological polar surface area (TPSA) is 67.2 Å². The molecule has 130 valence electrons. The van der Waals surface area contributed by atoms with Crippen LogP contribution in [-0.2, 0) is 11.2 Å². The Kier molecular flexibility index (Phi) is 4.86. The van der Waals surface area contributed by atoms with Crippen molar-refractivity contribution in [2.45, 2.75) is 33.2 Å². The zero-order valence-electron chi connectivity index (χ0n) is 14.8. The number of nitrogens with one attached hydrogen (secondary N) is 1. The second-order valence-electron chi connectivity index (χ2n) is 6.29. The maximum absolute atomic E-state index is 11.2. The van der Waals surface area contributed by atoms with Gasteiger partial charge in [0.25, 0.3) is 0 Å². The molecule has 1 amide bonds. The molecule has 5 heteroatoms. The van der Waals surface area contributed by atoms with Gasteiger partial charge in [-0.05, 0) is 43.2 Å². The number of aliphatic hydroxyl groups is 1. The lowest BCUT2D eigenvalue weighted by Crippen LogP contribution is -2.23. The number of carbonyl (C=O) groups is 1. The van der Waals surface area contributed by atoms with Gasteiger partial charge in [0.05, 0.1) is 23.7 Å². The highest BCUT2D eigenvalue weighted by Gasteiger charge is 2.14. The number of hydrogen-bond acceptors (Lipinski definition) is 3. The number of fused-ring (bicyclic) bond motifs is 1. The zero-order chi connectivity index (χ0) is 18.0. The van der Waals surface area contributed by atoms with Crippen molar-refractivity contribution in [2.75, 3.05) is 6.61 Å². The minimum Gasteiger partial charge on any atom is -0.396 e. The van der Waals surface area contributed by atoms with Crippen molar-refractivity contribution in [1.82, 2.24) is 14.9 Å². The third-order valence-corrected chi connectivity index (χ3v) is 4.36. The molecule has 2 N–H and O–H groups in total. The molecule has 5 nitrogen and oxygen atoms in total. The van der Waals surface area contributed by atoms with E-state index in [2.05, 4.69) is 9.88 Å². The molecule has 0 aliphatic heterocycles. The summed E-state index contributed by atoms with van der Waals surface area (Å²) in [4.78, 5) is 16.0. The molecule has 3 aromatic rings. The van der Waals surface area contributed by atoms with Crippen molar-refractivity contribution in [1.29, 1.82) is 0 Å². The largest absolute Gasteiger partial charge is 0.396 e. The van der Waals surface area contributed by atoms with Crippen LogP contribution >= 0.6 is 0 Å². The van der Waals surface area contributed by atoms with Crippen LogP contribution in [0.5, 0.6) is 0 Å². The maximum Gasteiger partial charge on any atom is 0.217 e. The molecule has 0 radical (unpaired) electrons. The summed E-state index contributed by atoms with van der Waals surface area (Å²) in [5.41, 5.74) is 5.15. The Labute approximate surface area is 147 Å². The normalized spacial score (nSPS) is 12.3. The van der Waals surface area contributed by atoms with Crippen molar-refractivity contribution in [2.24, 2.45) is 0 Å². The molecule has 0 spiro atoms. The zero-order valence-corrected chi connectivity index (χ0v) is 14.8. The molecule has 0 unspecified atom stereocenters. The number of benzene rings is 2. The average Bonchev–Trinajstić information content (AvgIpc) is 2.94. The van der Waals surface area contributed by atoms with Crippen LogP contribution in [0.1, 0.15) is 36.8 Å². The van der Waals surface area contributed by atoms with Crippen molar-refractivity contribution < 1.29 is 9.90 Å². The molecule has 1 heterocycles. The molecular weight excluding hydrogens is 314 g/mol. The highest BCUT2D eigenvalue weighted by Crippen LogP contribution is 2.25. The fraction of sp³-hybridized carbons (Fsp3) is 0.300. The van der Waals surface area contributed by atoms with E-state index in [1.807, 2.05) is 56.3 Å². The number of amides is 1. The van der Waals surface area contributed by atoms with Crippen LogP contribution in [0, 0.1) is 6.92 Å². The summed E-state index contributed by atoms with van der Waals surface area (Å²) in [6.07, 6.45) is 0.498. The summed E-state index contributed by atoms with van der Waals surface area (Å²) in [6.45, 7) is 5.58. The Hall–Kier alpha value is -2.66. The van der Waals surface area contributed by atoms with Crippen molar-refractivity contribution in [3.63, 3.8) is 0 Å². The van der Waals surface area contributed by atoms with Gasteiger partial charge in [-0.25, -0.2) is 4.98 Å². The lowest BCUT2D eigenvalue weighted by atomic mass is 10.1. The van der Waals surface area contributed by atoms with E-state index in [1.54, 1.807) is 0 Å². The van der Waals surface area contributed by atoms with Gasteiger partial charge in [-0.3, -0.25) is 9.36 Å². The molecular formula is C20H23N3O2. The van der Waals surface area contributed by atoms with E-state index < -0.39 is 0 Å². The first-order chi connectivity index (χ1) is 12.0. The lowest BCUT2D eigenvalue weighted by Gasteiger charge is -2.14. The molecule has 0 saturated heterocycles. The molecule has 25 heavy (non-hydrogen) atoms. The number of para-hydroxylation sites is 1. The quantitative estimate of drug-likeness (QED) is 0.752. The summed E-state index contributed by atoms with van der Waals surface area (Å²) in [5.74, 6) is 0.798. The number of aromatic nitrogens is 2. The van der Waals surface area contributed by atoms with Crippen LogP contribution in [0.4, 0.5) is 0 Å². The smallest absolute Gasteiger partial charge is 0.217 e. The van der Waals surface area contributed by atoms with Gasteiger partial charge in [-0.1, -0.05) is 24.3 Å². The van der Waals surface area contributed by atoms with Crippen LogP contribution in [0.25, 0.3) is 16.7 Å². The van der Waals surface area contributed by atoms with Gasteiger partial charge < -0.3 is 10.4 Å². The third kappa shape index (κ3) is 3.42. The van der Waals surface area contributed by atoms with Gasteiger partial charge in [-0.15, -0.1) is 0 Å². The van der Waals surface area contributed by atoms with Crippen LogP contribution in [-0.4, -0.2) is 27.2 Å². The molecule has 2 aromatic carbocycles. The highest BCUT2D eigenvalue weighted by atomic mass is 16.3. The number of imidazole rings is 1. The van der Waals surface area contributed by atoms with Gasteiger partial charge in [0.1, 0.15) is 5.82 Å². The molecule has 0 aliphatic rings. The van der Waals surface area contributed by atoms with E-state index in [4.69, 9.17) is 4.98 Å². The molecule has 0 aliphatic carbocycles. The van der Waals surface area contributed by atoms with E-state index in [-0.39, 0.29) is 18.6 Å². The molecule has 1 aromatic heterocycles. The second-order valence-corrected chi connectivity index (χ2v) is 6.29. The molecule has 0 fully saturated rings. The first kappa shape index (κ1) is 17.2. The van der Waals surface area contributed by atoms with Gasteiger partial charge in [0, 0.05) is 19.0 Å². The van der Waals surface area contributed by atoms with Crippen LogP contribution in [0.15, 0.2) is 42.5 Å². The Morgan fingerprint density at radius 3 is 2.60 bits per heavy atom. The van der Waals surface area contributed by atoms with E-state index in [0.29, 0.717) is 6.42 Å². The molecule has 0 saturated carbocycles. The summed E-state index contributed by atoms with van der Waals surface area (Å²) in [7, 11) is 0. The summed E-state index contributed by atoms with van der Waals surface area (Å²) >= 11 is 0. The first-order valence-corrected chi connectivity index (χ1v) is 8.46. The van der Waals surface area contributed by atoms with Crippen LogP contribution < -0.4 is 5.32 Å². The predicted octanol–water partition coefficient (Wildman–Crippen LogP) is 3.07. The van der Waals surface area contributed by atoms with Gasteiger partial charge >= 0.3 is 0 Å². The van der Waals surface area contributed by atoms with Crippen molar-refractivity contribution >= 4 is 16.9 Å². The van der Waals surface area contributed by atoms with Crippen molar-refractivity contribution in [3.05, 3.63) is 59.4 Å². The number of hydrogen-bond donors (Lipinski definition) is 2. The molecule has 0 bridgehead atoms. The number of nitrogens with zero attached hydrogens (tertiary/aromatic N) is 2. The summed E-state index contributed by atoms with van der Waals surface area (Å²) < 4.78 is 2.09. The Bertz CT molecular complexity index is 897. The Morgan fingerprint density at radius 2 is 1.96 bits per heavy atom. The predicted molar refractivity (Wildman–Crippen MR) is 98.8 cm³/mol. The summed E-state index contributed by atoms with van der Waals surface area (Å²) in [5, 5.41) is 12.3. The van der Waals surface area contributed by atoms with Gasteiger partial charge in [0.15, 0.2) is 0 Å². The second kappa shape index (κ2) is 7.07. The van der Waals surface area contributed by atoms with Gasteiger partial charge in [-0.2, -0.15) is 0 Å². The highest BCUT2D eigenvalue weighted by molar-refractivity contribution is 5.81. The third-order valence-electron chi connectivity index (χ3n) is 4.36. The minimum atomic E-state index is -0.0436. The fourth-order valence-corrected chi connectivity index (χ4v) is 3.14. The molecule has 1 atom stereocenters. The maximum atomic E-state index is 11.2. The Balaban J connectivity index is 2.05. The summed E-state index contributed by atoms with van der Waals surface area (Å²) in [6, 6.07) is 14.2. The standard InChI is InChI=1S/C20H23N3O2/c1-13-5-4-6-18-20(13)22-19(11-12-24)23(18)17-9-7-16(8-10-17)14(2)21-15(3)25/h4-10,14,24H,11-12H2,1-3H3,(H,21,25)/t14-/m1/s1.